The average Bonchev–Trinajstić information content (AvgIpc) is 2.67. The standard InChI is InChI=1S/C20H38N4OS2/c1-5-23(6-2)26-18-9-11-19(12-10-18)27-24-14-7-8-17(16-24)20(25)21-13-15-22(3)4/h9,11,17-19H,5-8,10,12-16H2,1-4H3,(H,21,25). The van der Waals surface area contributed by atoms with Crippen LogP contribution in [0.5, 0.6) is 0 Å². The van der Waals surface area contributed by atoms with Crippen molar-refractivity contribution in [1.29, 1.82) is 0 Å². The van der Waals surface area contributed by atoms with Gasteiger partial charge in [-0.05, 0) is 39.8 Å². The largest absolute Gasteiger partial charge is 0.355 e. The normalized spacial score (nSPS) is 26.7. The summed E-state index contributed by atoms with van der Waals surface area (Å²) in [7, 11) is 4.07. The van der Waals surface area contributed by atoms with Crippen molar-refractivity contribution < 1.29 is 4.79 Å². The maximum Gasteiger partial charge on any atom is 0.224 e. The van der Waals surface area contributed by atoms with Crippen molar-refractivity contribution in [1.82, 2.24) is 18.8 Å². The topological polar surface area (TPSA) is 38.8 Å². The Bertz CT molecular complexity index is 471. The number of nitrogens with zero attached hydrogens (tertiary/aromatic N) is 3. The van der Waals surface area contributed by atoms with Crippen LogP contribution in [0.2, 0.25) is 0 Å². The quantitative estimate of drug-likeness (QED) is 0.437. The number of piperidine rings is 1. The summed E-state index contributed by atoms with van der Waals surface area (Å²) in [5, 5.41) is 4.29. The average molecular weight is 415 g/mol. The number of hydrogen-bond acceptors (Lipinski definition) is 6. The minimum atomic E-state index is 0.145. The van der Waals surface area contributed by atoms with E-state index in [1.54, 1.807) is 0 Å². The number of carbonyl (C=O) groups excluding carboxylic acids is 1. The first-order valence-corrected chi connectivity index (χ1v) is 12.1. The second-order valence-corrected chi connectivity index (χ2v) is 10.4. The Labute approximate surface area is 174 Å². The Hall–Kier alpha value is -0.210. The molecule has 0 aromatic rings. The number of nitrogens with one attached hydrogen (secondary N) is 1. The van der Waals surface area contributed by atoms with Gasteiger partial charge in [-0.15, -0.1) is 0 Å². The van der Waals surface area contributed by atoms with Gasteiger partial charge in [0.05, 0.1) is 5.92 Å². The van der Waals surface area contributed by atoms with Crippen LogP contribution in [-0.4, -0.2) is 83.3 Å². The van der Waals surface area contributed by atoms with Crippen LogP contribution in [0.25, 0.3) is 0 Å². The van der Waals surface area contributed by atoms with E-state index in [1.165, 1.54) is 12.8 Å². The van der Waals surface area contributed by atoms with E-state index < -0.39 is 0 Å². The van der Waals surface area contributed by atoms with Crippen LogP contribution in [0.1, 0.15) is 39.5 Å². The van der Waals surface area contributed by atoms with E-state index in [0.29, 0.717) is 10.5 Å². The van der Waals surface area contributed by atoms with Gasteiger partial charge in [-0.3, -0.25) is 9.10 Å². The van der Waals surface area contributed by atoms with E-state index in [9.17, 15) is 4.79 Å². The van der Waals surface area contributed by atoms with Crippen molar-refractivity contribution in [3.05, 3.63) is 12.2 Å². The lowest BCUT2D eigenvalue weighted by Crippen LogP contribution is -2.42. The zero-order chi connectivity index (χ0) is 19.6. The predicted octanol–water partition coefficient (Wildman–Crippen LogP) is 3.10. The molecule has 3 atom stereocenters. The zero-order valence-electron chi connectivity index (χ0n) is 17.5. The van der Waals surface area contributed by atoms with Gasteiger partial charge in [-0.2, -0.15) is 0 Å². The molecule has 7 heteroatoms. The van der Waals surface area contributed by atoms with E-state index in [-0.39, 0.29) is 11.8 Å². The minimum Gasteiger partial charge on any atom is -0.355 e. The monoisotopic (exact) mass is 414 g/mol. The lowest BCUT2D eigenvalue weighted by molar-refractivity contribution is -0.126. The van der Waals surface area contributed by atoms with Gasteiger partial charge in [-0.25, -0.2) is 4.31 Å². The van der Waals surface area contributed by atoms with Gasteiger partial charge < -0.3 is 10.2 Å². The fourth-order valence-corrected chi connectivity index (χ4v) is 5.87. The molecular formula is C20H38N4OS2. The summed E-state index contributed by atoms with van der Waals surface area (Å²) < 4.78 is 4.87. The smallest absolute Gasteiger partial charge is 0.224 e. The lowest BCUT2D eigenvalue weighted by Gasteiger charge is -2.34. The molecule has 0 radical (unpaired) electrons. The van der Waals surface area contributed by atoms with E-state index >= 15 is 0 Å². The Kier molecular flexibility index (Phi) is 10.6. The molecule has 5 nitrogen and oxygen atoms in total. The van der Waals surface area contributed by atoms with Gasteiger partial charge in [0.1, 0.15) is 0 Å². The number of amides is 1. The highest BCUT2D eigenvalue weighted by Gasteiger charge is 2.28. The molecule has 2 rings (SSSR count). The number of carbonyl (C=O) groups is 1. The van der Waals surface area contributed by atoms with Crippen LogP contribution in [0.3, 0.4) is 0 Å². The van der Waals surface area contributed by atoms with Crippen LogP contribution in [0, 0.1) is 5.92 Å². The second kappa shape index (κ2) is 12.4. The Morgan fingerprint density at radius 3 is 2.48 bits per heavy atom. The van der Waals surface area contributed by atoms with E-state index in [2.05, 4.69) is 44.8 Å². The first kappa shape index (κ1) is 23.1. The highest BCUT2D eigenvalue weighted by atomic mass is 32.2. The number of hydrogen-bond donors (Lipinski definition) is 1. The SMILES string of the molecule is CCN(CC)SC1C=CC(SN2CCCC(C(=O)NCCN(C)C)C2)CC1. The molecule has 1 saturated heterocycles. The molecule has 2 aliphatic rings. The number of likely N-dealkylation sites (N-methyl/N-ethyl adjacent to an activating group) is 1. The molecule has 0 saturated carbocycles. The first-order valence-electron chi connectivity index (χ1n) is 10.5. The Morgan fingerprint density at radius 1 is 1.15 bits per heavy atom. The molecule has 156 valence electrons. The molecule has 0 bridgehead atoms. The summed E-state index contributed by atoms with van der Waals surface area (Å²) in [5.74, 6) is 0.379. The minimum absolute atomic E-state index is 0.145. The van der Waals surface area contributed by atoms with Crippen molar-refractivity contribution in [2.45, 2.75) is 50.0 Å². The van der Waals surface area contributed by atoms with Crippen molar-refractivity contribution in [3.63, 3.8) is 0 Å². The van der Waals surface area contributed by atoms with Crippen LogP contribution in [-0.2, 0) is 4.79 Å². The number of rotatable bonds is 10. The molecule has 1 aliphatic carbocycles. The summed E-state index contributed by atoms with van der Waals surface area (Å²) in [5.41, 5.74) is 0. The second-order valence-electron chi connectivity index (χ2n) is 7.69. The molecule has 1 amide bonds. The molecule has 1 fully saturated rings. The first-order chi connectivity index (χ1) is 13.0. The molecular weight excluding hydrogens is 376 g/mol. The molecule has 0 spiro atoms. The van der Waals surface area contributed by atoms with Gasteiger partial charge >= 0.3 is 0 Å². The van der Waals surface area contributed by atoms with Gasteiger partial charge in [0.25, 0.3) is 0 Å². The van der Waals surface area contributed by atoms with Crippen LogP contribution < -0.4 is 5.32 Å². The lowest BCUT2D eigenvalue weighted by atomic mass is 9.99. The third kappa shape index (κ3) is 8.36. The van der Waals surface area contributed by atoms with Crippen molar-refractivity contribution in [3.8, 4) is 0 Å². The maximum absolute atomic E-state index is 12.4. The van der Waals surface area contributed by atoms with E-state index in [0.717, 1.165) is 52.1 Å². The summed E-state index contributed by atoms with van der Waals surface area (Å²) in [4.78, 5) is 14.5. The summed E-state index contributed by atoms with van der Waals surface area (Å²) in [6, 6.07) is 0. The van der Waals surface area contributed by atoms with E-state index in [1.807, 2.05) is 38.0 Å². The summed E-state index contributed by atoms with van der Waals surface area (Å²) in [6.07, 6.45) is 9.42. The summed E-state index contributed by atoms with van der Waals surface area (Å²) in [6.45, 7) is 10.3. The summed E-state index contributed by atoms with van der Waals surface area (Å²) >= 11 is 3.95. The third-order valence-corrected chi connectivity index (χ3v) is 7.94. The van der Waals surface area contributed by atoms with Gasteiger partial charge in [0.15, 0.2) is 0 Å². The molecule has 0 aromatic carbocycles. The molecule has 27 heavy (non-hydrogen) atoms. The zero-order valence-corrected chi connectivity index (χ0v) is 19.2. The molecule has 1 aliphatic heterocycles. The molecule has 1 heterocycles. The predicted molar refractivity (Wildman–Crippen MR) is 120 cm³/mol. The maximum atomic E-state index is 12.4. The van der Waals surface area contributed by atoms with Gasteiger partial charge in [0.2, 0.25) is 5.91 Å². The van der Waals surface area contributed by atoms with Gasteiger partial charge in [-0.1, -0.05) is 49.9 Å². The Balaban J connectivity index is 1.73. The highest BCUT2D eigenvalue weighted by Crippen LogP contribution is 2.34. The van der Waals surface area contributed by atoms with Crippen molar-refractivity contribution >= 4 is 29.8 Å². The van der Waals surface area contributed by atoms with Crippen LogP contribution in [0.15, 0.2) is 12.2 Å². The third-order valence-electron chi connectivity index (χ3n) is 5.16. The fraction of sp³-hybridized carbons (Fsp3) is 0.850. The van der Waals surface area contributed by atoms with Crippen LogP contribution >= 0.6 is 23.9 Å². The molecule has 1 N–H and O–H groups in total. The van der Waals surface area contributed by atoms with Gasteiger partial charge in [0, 0.05) is 49.8 Å². The Morgan fingerprint density at radius 2 is 1.85 bits per heavy atom. The molecule has 0 aromatic heterocycles. The fourth-order valence-electron chi connectivity index (χ4n) is 3.50. The molecule has 3 unspecified atom stereocenters. The van der Waals surface area contributed by atoms with Crippen molar-refractivity contribution in [2.24, 2.45) is 5.92 Å². The van der Waals surface area contributed by atoms with E-state index in [4.69, 9.17) is 0 Å². The van der Waals surface area contributed by atoms with Crippen LogP contribution in [0.4, 0.5) is 0 Å². The van der Waals surface area contributed by atoms with Crippen molar-refractivity contribution in [2.75, 3.05) is 53.4 Å². The highest BCUT2D eigenvalue weighted by molar-refractivity contribution is 7.98.